The topological polar surface area (TPSA) is 66.4 Å². The molecule has 0 radical (unpaired) electrons. The van der Waals surface area contributed by atoms with Crippen molar-refractivity contribution in [3.8, 4) is 5.75 Å². The summed E-state index contributed by atoms with van der Waals surface area (Å²) < 4.78 is 24.7. The van der Waals surface area contributed by atoms with Crippen molar-refractivity contribution in [1.29, 1.82) is 0 Å². The molecule has 0 unspecified atom stereocenters. The van der Waals surface area contributed by atoms with Crippen LogP contribution < -0.4 is 4.72 Å². The number of sulfonamides is 1. The maximum Gasteiger partial charge on any atom is 0.229 e. The molecule has 0 aliphatic heterocycles. The fourth-order valence-electron chi connectivity index (χ4n) is 1.56. The Balaban J connectivity index is 2.63. The fraction of sp³-hybridized carbons (Fsp3) is 0.0909. The molecule has 0 bridgehead atoms. The number of hydrogen-bond donors (Lipinski definition) is 2. The van der Waals surface area contributed by atoms with Crippen LogP contribution in [0.15, 0.2) is 36.4 Å². The summed E-state index contributed by atoms with van der Waals surface area (Å²) in [5, 5.41) is 10.9. The molecule has 2 rings (SSSR count). The molecule has 84 valence electrons. The minimum absolute atomic E-state index is 0.156. The highest BCUT2D eigenvalue weighted by molar-refractivity contribution is 7.92. The molecule has 0 aliphatic carbocycles. The lowest BCUT2D eigenvalue weighted by atomic mass is 10.1. The molecule has 0 saturated heterocycles. The Morgan fingerprint density at radius 2 is 1.94 bits per heavy atom. The first-order valence-corrected chi connectivity index (χ1v) is 6.54. The maximum atomic E-state index is 11.2. The standard InChI is InChI=1S/C11H11NO3S/c1-16(14,15)12-11-4-2-3-8-7-9(13)5-6-10(8)11/h2-7,12-13H,1H3. The van der Waals surface area contributed by atoms with Crippen LogP contribution in [-0.2, 0) is 10.0 Å². The molecule has 0 heterocycles. The van der Waals surface area contributed by atoms with Crippen LogP contribution in [0.4, 0.5) is 5.69 Å². The number of nitrogens with one attached hydrogen (secondary N) is 1. The van der Waals surface area contributed by atoms with Crippen molar-refractivity contribution >= 4 is 26.5 Å². The van der Waals surface area contributed by atoms with E-state index in [1.54, 1.807) is 24.3 Å². The van der Waals surface area contributed by atoms with E-state index in [1.807, 2.05) is 6.07 Å². The van der Waals surface area contributed by atoms with E-state index in [2.05, 4.69) is 4.72 Å². The summed E-state index contributed by atoms with van der Waals surface area (Å²) in [4.78, 5) is 0. The molecular weight excluding hydrogens is 226 g/mol. The van der Waals surface area contributed by atoms with Crippen LogP contribution in [-0.4, -0.2) is 19.8 Å². The van der Waals surface area contributed by atoms with Gasteiger partial charge in [0, 0.05) is 5.39 Å². The fourth-order valence-corrected chi connectivity index (χ4v) is 2.14. The number of fused-ring (bicyclic) bond motifs is 1. The van der Waals surface area contributed by atoms with Crippen molar-refractivity contribution in [3.63, 3.8) is 0 Å². The van der Waals surface area contributed by atoms with Crippen LogP contribution in [0.1, 0.15) is 0 Å². The molecule has 0 aliphatic rings. The Morgan fingerprint density at radius 3 is 2.62 bits per heavy atom. The van der Waals surface area contributed by atoms with Crippen molar-refractivity contribution in [3.05, 3.63) is 36.4 Å². The number of benzene rings is 2. The second kappa shape index (κ2) is 3.68. The monoisotopic (exact) mass is 237 g/mol. The van der Waals surface area contributed by atoms with Gasteiger partial charge in [-0.15, -0.1) is 0 Å². The first-order valence-electron chi connectivity index (χ1n) is 4.65. The number of phenols is 1. The van der Waals surface area contributed by atoms with Crippen molar-refractivity contribution in [1.82, 2.24) is 0 Å². The van der Waals surface area contributed by atoms with Crippen LogP contribution in [0.25, 0.3) is 10.8 Å². The molecule has 4 nitrogen and oxygen atoms in total. The quantitative estimate of drug-likeness (QED) is 0.838. The van der Waals surface area contributed by atoms with E-state index < -0.39 is 10.0 Å². The number of hydrogen-bond acceptors (Lipinski definition) is 3. The van der Waals surface area contributed by atoms with Crippen LogP contribution in [0.3, 0.4) is 0 Å². The van der Waals surface area contributed by atoms with Crippen LogP contribution in [0.5, 0.6) is 5.75 Å². The lowest BCUT2D eigenvalue weighted by molar-refractivity contribution is 0.476. The summed E-state index contributed by atoms with van der Waals surface area (Å²) in [6, 6.07) is 10.0. The summed E-state index contributed by atoms with van der Waals surface area (Å²) in [7, 11) is -3.29. The average molecular weight is 237 g/mol. The smallest absolute Gasteiger partial charge is 0.229 e. The SMILES string of the molecule is CS(=O)(=O)Nc1cccc2cc(O)ccc12. The van der Waals surface area contributed by atoms with Crippen molar-refractivity contribution < 1.29 is 13.5 Å². The molecule has 0 fully saturated rings. The Morgan fingerprint density at radius 1 is 1.19 bits per heavy atom. The van der Waals surface area contributed by atoms with Gasteiger partial charge in [-0.1, -0.05) is 12.1 Å². The largest absolute Gasteiger partial charge is 0.508 e. The lowest BCUT2D eigenvalue weighted by Crippen LogP contribution is -2.09. The summed E-state index contributed by atoms with van der Waals surface area (Å²) in [5.74, 6) is 0.156. The van der Waals surface area contributed by atoms with Gasteiger partial charge in [0.1, 0.15) is 5.75 Å². The Bertz CT molecular complexity index is 635. The third-order valence-corrected chi connectivity index (χ3v) is 2.75. The van der Waals surface area contributed by atoms with Gasteiger partial charge in [0.25, 0.3) is 0 Å². The van der Waals surface area contributed by atoms with Crippen molar-refractivity contribution in [2.24, 2.45) is 0 Å². The first kappa shape index (κ1) is 10.8. The molecule has 2 N–H and O–H groups in total. The summed E-state index contributed by atoms with van der Waals surface area (Å²) in [6.45, 7) is 0. The van der Waals surface area contributed by atoms with Gasteiger partial charge >= 0.3 is 0 Å². The Hall–Kier alpha value is -1.75. The zero-order chi connectivity index (χ0) is 11.8. The second-order valence-corrected chi connectivity index (χ2v) is 5.33. The minimum atomic E-state index is -3.29. The summed E-state index contributed by atoms with van der Waals surface area (Å²) >= 11 is 0. The average Bonchev–Trinajstić information content (AvgIpc) is 2.15. The van der Waals surface area contributed by atoms with Crippen molar-refractivity contribution in [2.75, 3.05) is 11.0 Å². The highest BCUT2D eigenvalue weighted by Crippen LogP contribution is 2.26. The minimum Gasteiger partial charge on any atom is -0.508 e. The van der Waals surface area contributed by atoms with Crippen LogP contribution in [0.2, 0.25) is 0 Å². The van der Waals surface area contributed by atoms with Gasteiger partial charge in [-0.3, -0.25) is 4.72 Å². The van der Waals surface area contributed by atoms with E-state index in [0.717, 1.165) is 17.0 Å². The lowest BCUT2D eigenvalue weighted by Gasteiger charge is -2.07. The van der Waals surface area contributed by atoms with E-state index in [0.29, 0.717) is 5.69 Å². The third kappa shape index (κ3) is 2.25. The zero-order valence-corrected chi connectivity index (χ0v) is 9.45. The van der Waals surface area contributed by atoms with Gasteiger partial charge in [-0.05, 0) is 29.7 Å². The first-order chi connectivity index (χ1) is 7.46. The molecule has 0 amide bonds. The van der Waals surface area contributed by atoms with Gasteiger partial charge in [-0.25, -0.2) is 8.42 Å². The highest BCUT2D eigenvalue weighted by atomic mass is 32.2. The van der Waals surface area contributed by atoms with Crippen LogP contribution in [0, 0.1) is 0 Å². The Kier molecular flexibility index (Phi) is 2.47. The van der Waals surface area contributed by atoms with Gasteiger partial charge in [0.2, 0.25) is 10.0 Å². The van der Waals surface area contributed by atoms with Gasteiger partial charge in [-0.2, -0.15) is 0 Å². The highest BCUT2D eigenvalue weighted by Gasteiger charge is 2.05. The number of aromatic hydroxyl groups is 1. The zero-order valence-electron chi connectivity index (χ0n) is 8.64. The predicted octanol–water partition coefficient (Wildman–Crippen LogP) is 1.92. The molecule has 0 spiro atoms. The molecular formula is C11H11NO3S. The van der Waals surface area contributed by atoms with Gasteiger partial charge in [0.15, 0.2) is 0 Å². The Labute approximate surface area is 93.6 Å². The molecule has 5 heteroatoms. The van der Waals surface area contributed by atoms with Gasteiger partial charge < -0.3 is 5.11 Å². The second-order valence-electron chi connectivity index (χ2n) is 3.59. The number of rotatable bonds is 2. The third-order valence-electron chi connectivity index (χ3n) is 2.16. The predicted molar refractivity (Wildman–Crippen MR) is 64.1 cm³/mol. The molecule has 2 aromatic carbocycles. The molecule has 2 aromatic rings. The van der Waals surface area contributed by atoms with Crippen molar-refractivity contribution in [2.45, 2.75) is 0 Å². The normalized spacial score (nSPS) is 11.6. The number of anilines is 1. The molecule has 0 aromatic heterocycles. The van der Waals surface area contributed by atoms with E-state index in [-0.39, 0.29) is 5.75 Å². The molecule has 0 saturated carbocycles. The maximum absolute atomic E-state index is 11.2. The van der Waals surface area contributed by atoms with Gasteiger partial charge in [0.05, 0.1) is 11.9 Å². The summed E-state index contributed by atoms with van der Waals surface area (Å²) in [6.07, 6.45) is 1.10. The molecule has 16 heavy (non-hydrogen) atoms. The van der Waals surface area contributed by atoms with E-state index in [4.69, 9.17) is 0 Å². The van der Waals surface area contributed by atoms with E-state index >= 15 is 0 Å². The van der Waals surface area contributed by atoms with E-state index in [1.165, 1.54) is 6.07 Å². The van der Waals surface area contributed by atoms with E-state index in [9.17, 15) is 13.5 Å². The molecule has 0 atom stereocenters. The summed E-state index contributed by atoms with van der Waals surface area (Å²) in [5.41, 5.74) is 0.514. The van der Waals surface area contributed by atoms with Crippen LogP contribution >= 0.6 is 0 Å². The number of phenolic OH excluding ortho intramolecular Hbond substituents is 1.